The third-order valence-corrected chi connectivity index (χ3v) is 4.94. The van der Waals surface area contributed by atoms with Gasteiger partial charge >= 0.3 is 0 Å². The molecule has 1 aromatic rings. The van der Waals surface area contributed by atoms with Gasteiger partial charge in [-0.3, -0.25) is 4.79 Å². The number of nitrogen functional groups attached to an aromatic ring is 1. The molecule has 6 heteroatoms. The number of aromatic nitrogens is 1. The number of rotatable bonds is 4. The van der Waals surface area contributed by atoms with Crippen molar-refractivity contribution in [1.82, 2.24) is 9.88 Å². The number of hydrogen-bond donors (Lipinski definition) is 1. The van der Waals surface area contributed by atoms with Crippen molar-refractivity contribution >= 4 is 23.4 Å². The highest BCUT2D eigenvalue weighted by atomic mass is 32.2. The van der Waals surface area contributed by atoms with Crippen molar-refractivity contribution in [2.75, 3.05) is 18.5 Å². The third kappa shape index (κ3) is 3.67. The Labute approximate surface area is 129 Å². The summed E-state index contributed by atoms with van der Waals surface area (Å²) in [6.45, 7) is 0. The highest BCUT2D eigenvalue weighted by Crippen LogP contribution is 2.33. The predicted molar refractivity (Wildman–Crippen MR) is 83.6 cm³/mol. The number of hydrogen-bond acceptors (Lipinski definition) is 5. The molecule has 1 aliphatic carbocycles. The van der Waals surface area contributed by atoms with Gasteiger partial charge < -0.3 is 10.6 Å². The molecule has 5 nitrogen and oxygen atoms in total. The van der Waals surface area contributed by atoms with Crippen LogP contribution in [0.1, 0.15) is 32.1 Å². The van der Waals surface area contributed by atoms with E-state index in [1.807, 2.05) is 0 Å². The summed E-state index contributed by atoms with van der Waals surface area (Å²) in [5, 5.41) is 10.3. The zero-order chi connectivity index (χ0) is 15.3. The Morgan fingerprint density at radius 3 is 2.76 bits per heavy atom. The van der Waals surface area contributed by atoms with Crippen LogP contribution in [0.25, 0.3) is 0 Å². The molecule has 1 aromatic heterocycles. The molecular weight excluding hydrogens is 284 g/mol. The van der Waals surface area contributed by atoms with E-state index in [9.17, 15) is 10.1 Å². The van der Waals surface area contributed by atoms with E-state index >= 15 is 0 Å². The molecule has 0 saturated heterocycles. The lowest BCUT2D eigenvalue weighted by atomic mass is 9.81. The van der Waals surface area contributed by atoms with Gasteiger partial charge in [-0.2, -0.15) is 5.26 Å². The first kappa shape index (κ1) is 15.6. The molecule has 0 spiro atoms. The number of anilines is 1. The quantitative estimate of drug-likeness (QED) is 0.864. The van der Waals surface area contributed by atoms with Crippen molar-refractivity contribution < 1.29 is 4.79 Å². The van der Waals surface area contributed by atoms with Crippen molar-refractivity contribution in [2.24, 2.45) is 0 Å². The molecule has 112 valence electrons. The van der Waals surface area contributed by atoms with Crippen LogP contribution in [-0.2, 0) is 4.79 Å². The molecule has 2 rings (SSSR count). The van der Waals surface area contributed by atoms with Crippen molar-refractivity contribution in [3.05, 3.63) is 18.3 Å². The van der Waals surface area contributed by atoms with Gasteiger partial charge in [0.25, 0.3) is 0 Å². The average molecular weight is 304 g/mol. The van der Waals surface area contributed by atoms with Gasteiger partial charge in [-0.25, -0.2) is 4.98 Å². The maximum absolute atomic E-state index is 12.3. The lowest BCUT2D eigenvalue weighted by molar-refractivity contribution is -0.131. The van der Waals surface area contributed by atoms with Crippen molar-refractivity contribution in [2.45, 2.75) is 42.7 Å². The molecule has 2 N–H and O–H groups in total. The van der Waals surface area contributed by atoms with Gasteiger partial charge in [0, 0.05) is 7.05 Å². The van der Waals surface area contributed by atoms with Crippen molar-refractivity contribution in [3.63, 3.8) is 0 Å². The number of pyridine rings is 1. The number of nitrogens with two attached hydrogens (primary N) is 1. The van der Waals surface area contributed by atoms with E-state index in [0.29, 0.717) is 5.69 Å². The first-order valence-electron chi connectivity index (χ1n) is 7.10. The Bertz CT molecular complexity index is 532. The van der Waals surface area contributed by atoms with Gasteiger partial charge in [0.05, 0.1) is 28.7 Å². The maximum Gasteiger partial charge on any atom is 0.234 e. The summed E-state index contributed by atoms with van der Waals surface area (Å²) in [6, 6.07) is 5.93. The third-order valence-electron chi connectivity index (χ3n) is 4.01. The van der Waals surface area contributed by atoms with Crippen LogP contribution in [0.3, 0.4) is 0 Å². The fraction of sp³-hybridized carbons (Fsp3) is 0.533. The normalized spacial score (nSPS) is 17.0. The van der Waals surface area contributed by atoms with E-state index in [1.165, 1.54) is 11.8 Å². The Balaban J connectivity index is 1.95. The summed E-state index contributed by atoms with van der Waals surface area (Å²) in [6.07, 6.45) is 6.30. The number of amides is 1. The zero-order valence-electron chi connectivity index (χ0n) is 12.2. The number of carbonyl (C=O) groups excluding carboxylic acids is 1. The standard InChI is InChI=1S/C15H20N4OS/c1-19(15(11-16)7-3-2-4-8-15)14(20)10-21-13-6-5-12(17)9-18-13/h5-6,9H,2-4,7-8,10,17H2,1H3. The molecule has 1 saturated carbocycles. The molecule has 0 radical (unpaired) electrons. The van der Waals surface area contributed by atoms with Crippen LogP contribution < -0.4 is 5.73 Å². The SMILES string of the molecule is CN(C(=O)CSc1ccc(N)cn1)C1(C#N)CCCCC1. The summed E-state index contributed by atoms with van der Waals surface area (Å²) < 4.78 is 0. The molecule has 1 fully saturated rings. The Kier molecular flexibility index (Phi) is 5.07. The van der Waals surface area contributed by atoms with E-state index < -0.39 is 5.54 Å². The van der Waals surface area contributed by atoms with E-state index in [4.69, 9.17) is 5.73 Å². The molecule has 0 unspecified atom stereocenters. The molecule has 0 aliphatic heterocycles. The van der Waals surface area contributed by atoms with E-state index in [0.717, 1.165) is 37.1 Å². The minimum atomic E-state index is -0.621. The van der Waals surface area contributed by atoms with Gasteiger partial charge in [-0.15, -0.1) is 0 Å². The van der Waals surface area contributed by atoms with E-state index in [-0.39, 0.29) is 11.7 Å². The van der Waals surface area contributed by atoms with Crippen LogP contribution in [0.5, 0.6) is 0 Å². The van der Waals surface area contributed by atoms with Gasteiger partial charge in [0.2, 0.25) is 5.91 Å². The Morgan fingerprint density at radius 1 is 1.48 bits per heavy atom. The maximum atomic E-state index is 12.3. The monoisotopic (exact) mass is 304 g/mol. The Hall–Kier alpha value is -1.74. The fourth-order valence-electron chi connectivity index (χ4n) is 2.61. The molecule has 0 atom stereocenters. The predicted octanol–water partition coefficient (Wildman–Crippen LogP) is 2.44. The minimum Gasteiger partial charge on any atom is -0.397 e. The second-order valence-corrected chi connectivity index (χ2v) is 6.37. The lowest BCUT2D eigenvalue weighted by Gasteiger charge is -2.39. The zero-order valence-corrected chi connectivity index (χ0v) is 13.0. The summed E-state index contributed by atoms with van der Waals surface area (Å²) in [5.41, 5.74) is 5.57. The van der Waals surface area contributed by atoms with Gasteiger partial charge in [0.15, 0.2) is 0 Å². The topological polar surface area (TPSA) is 83.0 Å². The van der Waals surface area contributed by atoms with Crippen LogP contribution in [0.15, 0.2) is 23.4 Å². The molecular formula is C15H20N4OS. The van der Waals surface area contributed by atoms with Gasteiger partial charge in [-0.1, -0.05) is 31.0 Å². The van der Waals surface area contributed by atoms with Crippen LogP contribution >= 0.6 is 11.8 Å². The first-order chi connectivity index (χ1) is 10.1. The summed E-state index contributed by atoms with van der Waals surface area (Å²) in [4.78, 5) is 18.1. The molecule has 0 bridgehead atoms. The fourth-order valence-corrected chi connectivity index (χ4v) is 3.36. The molecule has 21 heavy (non-hydrogen) atoms. The van der Waals surface area contributed by atoms with Crippen LogP contribution in [0.2, 0.25) is 0 Å². The van der Waals surface area contributed by atoms with Crippen molar-refractivity contribution in [1.29, 1.82) is 5.26 Å². The average Bonchev–Trinajstić information content (AvgIpc) is 2.54. The lowest BCUT2D eigenvalue weighted by Crippen LogP contribution is -2.50. The first-order valence-corrected chi connectivity index (χ1v) is 8.08. The van der Waals surface area contributed by atoms with Crippen LogP contribution in [0.4, 0.5) is 5.69 Å². The van der Waals surface area contributed by atoms with E-state index in [2.05, 4.69) is 11.1 Å². The number of thioether (sulfide) groups is 1. The Morgan fingerprint density at radius 2 is 2.19 bits per heavy atom. The largest absolute Gasteiger partial charge is 0.397 e. The van der Waals surface area contributed by atoms with Gasteiger partial charge in [0.1, 0.15) is 5.54 Å². The van der Waals surface area contributed by atoms with E-state index in [1.54, 1.807) is 30.3 Å². The van der Waals surface area contributed by atoms with Crippen LogP contribution in [0, 0.1) is 11.3 Å². The summed E-state index contributed by atoms with van der Waals surface area (Å²) >= 11 is 1.37. The molecule has 1 heterocycles. The molecule has 0 aromatic carbocycles. The van der Waals surface area contributed by atoms with Crippen LogP contribution in [-0.4, -0.2) is 34.1 Å². The highest BCUT2D eigenvalue weighted by Gasteiger charge is 2.38. The molecule has 1 aliphatic rings. The second-order valence-electron chi connectivity index (χ2n) is 5.38. The van der Waals surface area contributed by atoms with Gasteiger partial charge in [-0.05, 0) is 25.0 Å². The molecule has 1 amide bonds. The number of carbonyl (C=O) groups is 1. The summed E-state index contributed by atoms with van der Waals surface area (Å²) in [7, 11) is 1.74. The number of nitrogens with zero attached hydrogens (tertiary/aromatic N) is 3. The smallest absolute Gasteiger partial charge is 0.234 e. The van der Waals surface area contributed by atoms with Crippen molar-refractivity contribution in [3.8, 4) is 6.07 Å². The minimum absolute atomic E-state index is 0.0259. The second kappa shape index (κ2) is 6.81. The highest BCUT2D eigenvalue weighted by molar-refractivity contribution is 7.99. The number of nitriles is 1. The summed E-state index contributed by atoms with van der Waals surface area (Å²) in [5.74, 6) is 0.263.